The molecular formula is C19H25ClN2O4. The van der Waals surface area contributed by atoms with Gasteiger partial charge in [-0.1, -0.05) is 36.4 Å². The lowest BCUT2D eigenvalue weighted by molar-refractivity contribution is -0.190. The lowest BCUT2D eigenvalue weighted by atomic mass is 10.1. The first-order valence-corrected chi connectivity index (χ1v) is 9.03. The number of alkyl halides is 1. The normalized spacial score (nSPS) is 18.2. The van der Waals surface area contributed by atoms with Gasteiger partial charge in [-0.05, 0) is 38.3 Å². The molecule has 2 rings (SSSR count). The van der Waals surface area contributed by atoms with Gasteiger partial charge in [0.05, 0.1) is 6.54 Å². The third kappa shape index (κ3) is 6.35. The van der Waals surface area contributed by atoms with Crippen molar-refractivity contribution >= 4 is 23.6 Å². The summed E-state index contributed by atoms with van der Waals surface area (Å²) in [7, 11) is 0. The fourth-order valence-corrected chi connectivity index (χ4v) is 2.58. The number of nitrogens with zero attached hydrogens (tertiary/aromatic N) is 1. The van der Waals surface area contributed by atoms with Gasteiger partial charge < -0.3 is 10.1 Å². The molecule has 6 nitrogen and oxygen atoms in total. The maximum atomic E-state index is 12.8. The second-order valence-corrected chi connectivity index (χ2v) is 7.33. The third-order valence-electron chi connectivity index (χ3n) is 3.63. The van der Waals surface area contributed by atoms with Crippen LogP contribution in [-0.2, 0) is 21.0 Å². The molecule has 1 N–H and O–H groups in total. The van der Waals surface area contributed by atoms with Crippen LogP contribution in [0.3, 0.4) is 0 Å². The first-order chi connectivity index (χ1) is 12.3. The molecule has 0 spiro atoms. The molecule has 0 saturated heterocycles. The standard InChI is InChI=1S/C19H25ClN2O4/c1-19(2,3)26-18(24)21-16-10-9-15(11-20)12-22(17(16)23)25-13-14-7-5-4-6-8-14/h4-9,16H,10-13H2,1-3H3,(H,21,24)/t16-/m1/s1. The number of carbonyl (C=O) groups is 2. The van der Waals surface area contributed by atoms with Crippen molar-refractivity contribution in [3.63, 3.8) is 0 Å². The summed E-state index contributed by atoms with van der Waals surface area (Å²) in [6.07, 6.45) is 1.56. The fraction of sp³-hybridized carbons (Fsp3) is 0.474. The Bertz CT molecular complexity index is 655. The number of nitrogens with one attached hydrogen (secondary N) is 1. The van der Waals surface area contributed by atoms with Crippen molar-refractivity contribution < 1.29 is 19.2 Å². The number of benzene rings is 1. The Morgan fingerprint density at radius 3 is 2.62 bits per heavy atom. The van der Waals surface area contributed by atoms with E-state index in [0.717, 1.165) is 11.1 Å². The molecule has 1 aliphatic rings. The number of hydrogen-bond acceptors (Lipinski definition) is 4. The molecule has 0 fully saturated rings. The average Bonchev–Trinajstić information content (AvgIpc) is 2.72. The zero-order valence-corrected chi connectivity index (χ0v) is 16.1. The summed E-state index contributed by atoms with van der Waals surface area (Å²) in [5.41, 5.74) is 1.16. The van der Waals surface area contributed by atoms with Gasteiger partial charge in [-0.25, -0.2) is 9.86 Å². The quantitative estimate of drug-likeness (QED) is 0.627. The molecule has 2 amide bonds. The van der Waals surface area contributed by atoms with Crippen molar-refractivity contribution in [2.45, 2.75) is 45.4 Å². The van der Waals surface area contributed by atoms with Gasteiger partial charge in [0.15, 0.2) is 0 Å². The smallest absolute Gasteiger partial charge is 0.408 e. The van der Waals surface area contributed by atoms with Crippen LogP contribution < -0.4 is 5.32 Å². The molecular weight excluding hydrogens is 356 g/mol. The molecule has 0 bridgehead atoms. The van der Waals surface area contributed by atoms with Crippen molar-refractivity contribution in [1.29, 1.82) is 0 Å². The van der Waals surface area contributed by atoms with Crippen LogP contribution >= 0.6 is 11.6 Å². The van der Waals surface area contributed by atoms with Crippen LogP contribution in [0.1, 0.15) is 32.8 Å². The topological polar surface area (TPSA) is 67.9 Å². The summed E-state index contributed by atoms with van der Waals surface area (Å²) in [6, 6.07) is 8.78. The van der Waals surface area contributed by atoms with E-state index in [9.17, 15) is 9.59 Å². The van der Waals surface area contributed by atoms with Crippen molar-refractivity contribution in [3.8, 4) is 0 Å². The predicted molar refractivity (Wildman–Crippen MR) is 99.5 cm³/mol. The van der Waals surface area contributed by atoms with Crippen LogP contribution in [0.15, 0.2) is 42.0 Å². The maximum Gasteiger partial charge on any atom is 0.408 e. The maximum absolute atomic E-state index is 12.8. The molecule has 0 radical (unpaired) electrons. The second-order valence-electron chi connectivity index (χ2n) is 7.06. The molecule has 0 saturated carbocycles. The first-order valence-electron chi connectivity index (χ1n) is 8.50. The molecule has 142 valence electrons. The Kier molecular flexibility index (Phi) is 7.06. The predicted octanol–water partition coefficient (Wildman–Crippen LogP) is 3.41. The highest BCUT2D eigenvalue weighted by atomic mass is 35.5. The molecule has 7 heteroatoms. The van der Waals surface area contributed by atoms with Gasteiger partial charge in [-0.15, -0.1) is 11.6 Å². The molecule has 1 atom stereocenters. The number of hydrogen-bond donors (Lipinski definition) is 1. The van der Waals surface area contributed by atoms with Gasteiger partial charge in [0.1, 0.15) is 18.2 Å². The number of hydroxylamine groups is 2. The Labute approximate surface area is 159 Å². The Morgan fingerprint density at radius 1 is 1.31 bits per heavy atom. The summed E-state index contributed by atoms with van der Waals surface area (Å²) in [4.78, 5) is 30.5. The Balaban J connectivity index is 2.05. The third-order valence-corrected chi connectivity index (χ3v) is 3.97. The second kappa shape index (κ2) is 9.05. The Morgan fingerprint density at radius 2 is 2.00 bits per heavy atom. The van der Waals surface area contributed by atoms with Gasteiger partial charge in [-0.2, -0.15) is 0 Å². The van der Waals surface area contributed by atoms with E-state index in [-0.39, 0.29) is 24.9 Å². The van der Waals surface area contributed by atoms with Gasteiger partial charge in [0.25, 0.3) is 5.91 Å². The molecule has 1 heterocycles. The SMILES string of the molecule is CC(C)(C)OC(=O)N[C@@H]1CC=C(CCl)CN(OCc2ccccc2)C1=O. The van der Waals surface area contributed by atoms with E-state index in [4.69, 9.17) is 21.2 Å². The zero-order valence-electron chi connectivity index (χ0n) is 15.3. The van der Waals surface area contributed by atoms with Crippen molar-refractivity contribution in [2.75, 3.05) is 12.4 Å². The largest absolute Gasteiger partial charge is 0.444 e. The van der Waals surface area contributed by atoms with Crippen LogP contribution in [0, 0.1) is 0 Å². The van der Waals surface area contributed by atoms with Crippen LogP contribution in [0.2, 0.25) is 0 Å². The molecule has 1 aromatic carbocycles. The minimum Gasteiger partial charge on any atom is -0.444 e. The molecule has 26 heavy (non-hydrogen) atoms. The number of alkyl carbamates (subject to hydrolysis) is 1. The minimum absolute atomic E-state index is 0.251. The van der Waals surface area contributed by atoms with E-state index in [2.05, 4.69) is 5.32 Å². The molecule has 0 aliphatic carbocycles. The highest BCUT2D eigenvalue weighted by Gasteiger charge is 2.30. The van der Waals surface area contributed by atoms with Crippen molar-refractivity contribution in [3.05, 3.63) is 47.5 Å². The van der Waals surface area contributed by atoms with E-state index in [1.165, 1.54) is 5.06 Å². The first kappa shape index (κ1) is 20.3. The number of carbonyl (C=O) groups excluding carboxylic acids is 2. The summed E-state index contributed by atoms with van der Waals surface area (Å²) in [6.45, 7) is 5.82. The lowest BCUT2D eigenvalue weighted by Gasteiger charge is -2.26. The molecule has 0 unspecified atom stereocenters. The van der Waals surface area contributed by atoms with Crippen LogP contribution in [0.5, 0.6) is 0 Å². The van der Waals surface area contributed by atoms with E-state index < -0.39 is 17.7 Å². The van der Waals surface area contributed by atoms with Gasteiger partial charge in [0, 0.05) is 5.88 Å². The Hall–Kier alpha value is -2.05. The monoisotopic (exact) mass is 380 g/mol. The summed E-state index contributed by atoms with van der Waals surface area (Å²) >= 11 is 5.95. The number of amides is 2. The van der Waals surface area contributed by atoms with E-state index in [1.807, 2.05) is 36.4 Å². The highest BCUT2D eigenvalue weighted by Crippen LogP contribution is 2.16. The fourth-order valence-electron chi connectivity index (χ4n) is 2.39. The summed E-state index contributed by atoms with van der Waals surface area (Å²) in [5.74, 6) is -0.0411. The molecule has 1 aromatic rings. The number of rotatable bonds is 5. The van der Waals surface area contributed by atoms with E-state index >= 15 is 0 Å². The van der Waals surface area contributed by atoms with Gasteiger partial charge >= 0.3 is 6.09 Å². The van der Waals surface area contributed by atoms with Gasteiger partial charge in [-0.3, -0.25) is 9.63 Å². The zero-order chi connectivity index (χ0) is 19.2. The van der Waals surface area contributed by atoms with Crippen LogP contribution in [0.4, 0.5) is 4.79 Å². The van der Waals surface area contributed by atoms with Crippen molar-refractivity contribution in [2.24, 2.45) is 0 Å². The van der Waals surface area contributed by atoms with Crippen LogP contribution in [-0.4, -0.2) is 41.1 Å². The van der Waals surface area contributed by atoms with Crippen molar-refractivity contribution in [1.82, 2.24) is 10.4 Å². The van der Waals surface area contributed by atoms with E-state index in [1.54, 1.807) is 20.8 Å². The van der Waals surface area contributed by atoms with Crippen LogP contribution in [0.25, 0.3) is 0 Å². The minimum atomic E-state index is -0.763. The number of ether oxygens (including phenoxy) is 1. The summed E-state index contributed by atoms with van der Waals surface area (Å²) in [5, 5.41) is 3.88. The molecule has 1 aliphatic heterocycles. The van der Waals surface area contributed by atoms with E-state index in [0.29, 0.717) is 6.42 Å². The number of halogens is 1. The van der Waals surface area contributed by atoms with Gasteiger partial charge in [0.2, 0.25) is 0 Å². The lowest BCUT2D eigenvalue weighted by Crippen LogP contribution is -2.48. The summed E-state index contributed by atoms with van der Waals surface area (Å²) < 4.78 is 5.24. The highest BCUT2D eigenvalue weighted by molar-refractivity contribution is 6.19. The molecule has 0 aromatic heterocycles. The average molecular weight is 381 g/mol.